The molecular formula is C19H28IN5O. The molecule has 0 bridgehead atoms. The SMILES string of the molecule is CN=C(NCCCCNc1ccccn1)NCc1ccc(OC)cc1.I. The Kier molecular flexibility index (Phi) is 11.2. The van der Waals surface area contributed by atoms with Gasteiger partial charge in [0.1, 0.15) is 11.6 Å². The van der Waals surface area contributed by atoms with Gasteiger partial charge in [-0.05, 0) is 42.7 Å². The second-order valence-electron chi connectivity index (χ2n) is 5.55. The van der Waals surface area contributed by atoms with E-state index in [-0.39, 0.29) is 24.0 Å². The molecule has 3 N–H and O–H groups in total. The summed E-state index contributed by atoms with van der Waals surface area (Å²) in [6.07, 6.45) is 3.92. The van der Waals surface area contributed by atoms with Gasteiger partial charge in [-0.25, -0.2) is 4.98 Å². The predicted octanol–water partition coefficient (Wildman–Crippen LogP) is 3.27. The molecule has 0 aliphatic rings. The van der Waals surface area contributed by atoms with Gasteiger partial charge in [0.2, 0.25) is 0 Å². The van der Waals surface area contributed by atoms with Crippen molar-refractivity contribution in [3.8, 4) is 5.75 Å². The van der Waals surface area contributed by atoms with Crippen LogP contribution in [0.3, 0.4) is 0 Å². The number of aliphatic imine (C=N–C) groups is 1. The van der Waals surface area contributed by atoms with Crippen LogP contribution in [-0.4, -0.2) is 38.2 Å². The highest BCUT2D eigenvalue weighted by atomic mass is 127. The van der Waals surface area contributed by atoms with Crippen molar-refractivity contribution in [1.82, 2.24) is 15.6 Å². The average molecular weight is 469 g/mol. The summed E-state index contributed by atoms with van der Waals surface area (Å²) >= 11 is 0. The van der Waals surface area contributed by atoms with Crippen LogP contribution in [-0.2, 0) is 6.54 Å². The summed E-state index contributed by atoms with van der Waals surface area (Å²) in [5, 5.41) is 9.95. The first-order valence-corrected chi connectivity index (χ1v) is 8.54. The monoisotopic (exact) mass is 469 g/mol. The molecule has 1 aromatic carbocycles. The average Bonchev–Trinajstić information content (AvgIpc) is 2.68. The molecule has 0 amide bonds. The van der Waals surface area contributed by atoms with Gasteiger partial charge in [0.05, 0.1) is 7.11 Å². The zero-order valence-corrected chi connectivity index (χ0v) is 17.7. The minimum atomic E-state index is 0. The number of rotatable bonds is 9. The number of hydrogen-bond donors (Lipinski definition) is 3. The maximum absolute atomic E-state index is 5.16. The molecule has 2 aromatic rings. The fourth-order valence-corrected chi connectivity index (χ4v) is 2.29. The van der Waals surface area contributed by atoms with Gasteiger partial charge < -0.3 is 20.7 Å². The van der Waals surface area contributed by atoms with Gasteiger partial charge in [-0.2, -0.15) is 0 Å². The van der Waals surface area contributed by atoms with Gasteiger partial charge in [0, 0.05) is 32.9 Å². The molecule has 26 heavy (non-hydrogen) atoms. The Hall–Kier alpha value is -2.03. The molecule has 7 heteroatoms. The van der Waals surface area contributed by atoms with E-state index < -0.39 is 0 Å². The van der Waals surface area contributed by atoms with E-state index in [4.69, 9.17) is 4.74 Å². The van der Waals surface area contributed by atoms with Crippen molar-refractivity contribution in [2.75, 3.05) is 32.6 Å². The maximum Gasteiger partial charge on any atom is 0.191 e. The van der Waals surface area contributed by atoms with Crippen molar-refractivity contribution in [3.05, 3.63) is 54.2 Å². The van der Waals surface area contributed by atoms with E-state index in [0.29, 0.717) is 0 Å². The zero-order chi connectivity index (χ0) is 17.7. The third-order valence-electron chi connectivity index (χ3n) is 3.71. The Morgan fingerprint density at radius 1 is 1.04 bits per heavy atom. The molecule has 2 rings (SSSR count). The van der Waals surface area contributed by atoms with Crippen LogP contribution >= 0.6 is 24.0 Å². The van der Waals surface area contributed by atoms with Gasteiger partial charge >= 0.3 is 0 Å². The summed E-state index contributed by atoms with van der Waals surface area (Å²) in [4.78, 5) is 8.48. The third kappa shape index (κ3) is 8.37. The molecule has 0 unspecified atom stereocenters. The van der Waals surface area contributed by atoms with Crippen LogP contribution in [0, 0.1) is 0 Å². The molecule has 1 aromatic heterocycles. The molecule has 0 spiro atoms. The van der Waals surface area contributed by atoms with Gasteiger partial charge in [-0.15, -0.1) is 24.0 Å². The number of unbranched alkanes of at least 4 members (excludes halogenated alkanes) is 1. The molecule has 0 aliphatic carbocycles. The predicted molar refractivity (Wildman–Crippen MR) is 119 cm³/mol. The number of methoxy groups -OCH3 is 1. The topological polar surface area (TPSA) is 70.6 Å². The highest BCUT2D eigenvalue weighted by Gasteiger charge is 1.99. The number of benzene rings is 1. The number of anilines is 1. The van der Waals surface area contributed by atoms with Crippen LogP contribution < -0.4 is 20.7 Å². The highest BCUT2D eigenvalue weighted by molar-refractivity contribution is 14.0. The van der Waals surface area contributed by atoms with Gasteiger partial charge in [0.15, 0.2) is 5.96 Å². The van der Waals surface area contributed by atoms with Crippen LogP contribution in [0.1, 0.15) is 18.4 Å². The Morgan fingerprint density at radius 3 is 2.46 bits per heavy atom. The minimum Gasteiger partial charge on any atom is -0.497 e. The van der Waals surface area contributed by atoms with Crippen LogP contribution in [0.5, 0.6) is 5.75 Å². The first-order valence-electron chi connectivity index (χ1n) is 8.54. The number of nitrogens with one attached hydrogen (secondary N) is 3. The maximum atomic E-state index is 5.16. The smallest absolute Gasteiger partial charge is 0.191 e. The van der Waals surface area contributed by atoms with E-state index in [2.05, 4.69) is 25.9 Å². The minimum absolute atomic E-state index is 0. The lowest BCUT2D eigenvalue weighted by Crippen LogP contribution is -2.37. The molecule has 0 fully saturated rings. The van der Waals surface area contributed by atoms with Gasteiger partial charge in [0.25, 0.3) is 0 Å². The Balaban J connectivity index is 0.00000338. The van der Waals surface area contributed by atoms with Gasteiger partial charge in [-0.3, -0.25) is 4.99 Å². The molecule has 142 valence electrons. The van der Waals surface area contributed by atoms with Crippen LogP contribution in [0.2, 0.25) is 0 Å². The number of aromatic nitrogens is 1. The molecule has 0 aliphatic heterocycles. The second-order valence-corrected chi connectivity index (χ2v) is 5.55. The zero-order valence-electron chi connectivity index (χ0n) is 15.4. The van der Waals surface area contributed by atoms with Crippen LogP contribution in [0.25, 0.3) is 0 Å². The molecule has 6 nitrogen and oxygen atoms in total. The number of guanidine groups is 1. The summed E-state index contributed by atoms with van der Waals surface area (Å²) in [5.74, 6) is 2.60. The standard InChI is InChI=1S/C19H27N5O.HI/c1-20-19(24-15-16-8-10-17(25-2)11-9-16)23-14-6-5-13-22-18-7-3-4-12-21-18;/h3-4,7-12H,5-6,13-15H2,1-2H3,(H,21,22)(H2,20,23,24);1H. The van der Waals surface area contributed by atoms with Crippen molar-refractivity contribution in [2.24, 2.45) is 4.99 Å². The third-order valence-corrected chi connectivity index (χ3v) is 3.71. The van der Waals surface area contributed by atoms with Crippen LogP contribution in [0.4, 0.5) is 5.82 Å². The van der Waals surface area contributed by atoms with E-state index in [1.54, 1.807) is 20.4 Å². The van der Waals surface area contributed by atoms with Crippen molar-refractivity contribution in [1.29, 1.82) is 0 Å². The highest BCUT2D eigenvalue weighted by Crippen LogP contribution is 2.10. The molecule has 0 saturated heterocycles. The first kappa shape index (κ1) is 22.0. The van der Waals surface area contributed by atoms with E-state index >= 15 is 0 Å². The van der Waals surface area contributed by atoms with Crippen molar-refractivity contribution >= 4 is 35.8 Å². The number of nitrogens with zero attached hydrogens (tertiary/aromatic N) is 2. The van der Waals surface area contributed by atoms with E-state index in [1.807, 2.05) is 42.5 Å². The summed E-state index contributed by atoms with van der Waals surface area (Å²) in [6, 6.07) is 13.9. The summed E-state index contributed by atoms with van der Waals surface area (Å²) in [6.45, 7) is 2.52. The largest absolute Gasteiger partial charge is 0.497 e. The lowest BCUT2D eigenvalue weighted by atomic mass is 10.2. The Morgan fingerprint density at radius 2 is 1.81 bits per heavy atom. The van der Waals surface area contributed by atoms with Crippen molar-refractivity contribution in [3.63, 3.8) is 0 Å². The molecule has 0 saturated carbocycles. The number of halogens is 1. The van der Waals surface area contributed by atoms with E-state index in [0.717, 1.165) is 50.0 Å². The fourth-order valence-electron chi connectivity index (χ4n) is 2.29. The Labute approximate surface area is 172 Å². The number of ether oxygens (including phenoxy) is 1. The van der Waals surface area contributed by atoms with Crippen molar-refractivity contribution < 1.29 is 4.74 Å². The second kappa shape index (κ2) is 13.2. The normalized spacial score (nSPS) is 10.6. The summed E-state index contributed by atoms with van der Waals surface area (Å²) in [5.41, 5.74) is 1.18. The first-order chi connectivity index (χ1) is 12.3. The van der Waals surface area contributed by atoms with Crippen LogP contribution in [0.15, 0.2) is 53.7 Å². The molecule has 1 heterocycles. The number of hydrogen-bond acceptors (Lipinski definition) is 4. The molecule has 0 atom stereocenters. The fraction of sp³-hybridized carbons (Fsp3) is 0.368. The molecule has 0 radical (unpaired) electrons. The summed E-state index contributed by atoms with van der Waals surface area (Å²) < 4.78 is 5.16. The Bertz CT molecular complexity index is 634. The summed E-state index contributed by atoms with van der Waals surface area (Å²) in [7, 11) is 3.46. The number of pyridine rings is 1. The molecular weight excluding hydrogens is 441 g/mol. The van der Waals surface area contributed by atoms with E-state index in [1.165, 1.54) is 5.56 Å². The van der Waals surface area contributed by atoms with E-state index in [9.17, 15) is 0 Å². The quantitative estimate of drug-likeness (QED) is 0.228. The van der Waals surface area contributed by atoms with Gasteiger partial charge in [-0.1, -0.05) is 18.2 Å². The lowest BCUT2D eigenvalue weighted by molar-refractivity contribution is 0.414. The lowest BCUT2D eigenvalue weighted by Gasteiger charge is -2.12. The van der Waals surface area contributed by atoms with Crippen molar-refractivity contribution in [2.45, 2.75) is 19.4 Å².